The Balaban J connectivity index is 2.12. The first kappa shape index (κ1) is 14.1. The monoisotopic (exact) mass is 283 g/mol. The summed E-state index contributed by atoms with van der Waals surface area (Å²) in [7, 11) is 0. The molecule has 0 fully saturated rings. The van der Waals surface area contributed by atoms with Gasteiger partial charge in [-0.2, -0.15) is 18.2 Å². The minimum absolute atomic E-state index is 0.260. The Labute approximate surface area is 113 Å². The topological polar surface area (TPSA) is 47.0 Å². The van der Waals surface area contributed by atoms with Crippen LogP contribution in [0.15, 0.2) is 36.5 Å². The standard InChI is InChI=1S/C13H12F3N3O/c1-2-17-12-18-8-7-11(19-12)20-10-5-3-9(4-6-10)13(14,15)16/h3-8H,2H2,1H3,(H,17,18,19). The molecule has 0 atom stereocenters. The minimum atomic E-state index is -4.36. The number of alkyl halides is 3. The van der Waals surface area contributed by atoms with Gasteiger partial charge in [0.25, 0.3) is 0 Å². The maximum atomic E-state index is 12.4. The van der Waals surface area contributed by atoms with Crippen molar-refractivity contribution in [2.45, 2.75) is 13.1 Å². The summed E-state index contributed by atoms with van der Waals surface area (Å²) >= 11 is 0. The van der Waals surface area contributed by atoms with Crippen molar-refractivity contribution in [1.29, 1.82) is 0 Å². The maximum Gasteiger partial charge on any atom is 0.416 e. The molecule has 0 spiro atoms. The molecule has 2 aromatic rings. The van der Waals surface area contributed by atoms with Crippen LogP contribution in [0, 0.1) is 0 Å². The van der Waals surface area contributed by atoms with Crippen molar-refractivity contribution < 1.29 is 17.9 Å². The molecule has 0 aliphatic rings. The van der Waals surface area contributed by atoms with E-state index in [0.29, 0.717) is 12.5 Å². The molecule has 106 valence electrons. The van der Waals surface area contributed by atoms with Crippen LogP contribution < -0.4 is 10.1 Å². The first-order valence-electron chi connectivity index (χ1n) is 5.91. The summed E-state index contributed by atoms with van der Waals surface area (Å²) in [6.07, 6.45) is -2.85. The molecule has 1 aromatic heterocycles. The van der Waals surface area contributed by atoms with Crippen molar-refractivity contribution in [1.82, 2.24) is 9.97 Å². The van der Waals surface area contributed by atoms with E-state index < -0.39 is 11.7 Å². The molecule has 4 nitrogen and oxygen atoms in total. The molecular formula is C13H12F3N3O. The Kier molecular flexibility index (Phi) is 4.07. The van der Waals surface area contributed by atoms with Gasteiger partial charge in [0.2, 0.25) is 11.8 Å². The van der Waals surface area contributed by atoms with Gasteiger partial charge < -0.3 is 10.1 Å². The van der Waals surface area contributed by atoms with Gasteiger partial charge in [-0.3, -0.25) is 0 Å². The highest BCUT2D eigenvalue weighted by Gasteiger charge is 2.30. The summed E-state index contributed by atoms with van der Waals surface area (Å²) in [4.78, 5) is 8.03. The zero-order valence-electron chi connectivity index (χ0n) is 10.6. The van der Waals surface area contributed by atoms with Crippen LogP contribution in [0.4, 0.5) is 19.1 Å². The molecule has 0 amide bonds. The van der Waals surface area contributed by atoms with E-state index in [1.807, 2.05) is 6.92 Å². The SMILES string of the molecule is CCNc1nccc(Oc2ccc(C(F)(F)F)cc2)n1. The van der Waals surface area contributed by atoms with Crippen molar-refractivity contribution in [2.75, 3.05) is 11.9 Å². The van der Waals surface area contributed by atoms with E-state index in [2.05, 4.69) is 15.3 Å². The Bertz CT molecular complexity index is 570. The molecule has 0 saturated heterocycles. The predicted molar refractivity (Wildman–Crippen MR) is 67.7 cm³/mol. The Morgan fingerprint density at radius 1 is 1.15 bits per heavy atom. The molecule has 0 aliphatic heterocycles. The van der Waals surface area contributed by atoms with Gasteiger partial charge in [0.05, 0.1) is 5.56 Å². The third kappa shape index (κ3) is 3.59. The number of hydrogen-bond acceptors (Lipinski definition) is 4. The van der Waals surface area contributed by atoms with Gasteiger partial charge in [0, 0.05) is 18.8 Å². The summed E-state index contributed by atoms with van der Waals surface area (Å²) in [6, 6.07) is 5.94. The lowest BCUT2D eigenvalue weighted by molar-refractivity contribution is -0.137. The maximum absolute atomic E-state index is 12.4. The smallest absolute Gasteiger partial charge is 0.416 e. The molecule has 20 heavy (non-hydrogen) atoms. The van der Waals surface area contributed by atoms with Crippen LogP contribution >= 0.6 is 0 Å². The molecule has 0 bridgehead atoms. The van der Waals surface area contributed by atoms with Gasteiger partial charge in [-0.1, -0.05) is 0 Å². The van der Waals surface area contributed by atoms with Crippen LogP contribution in [0.2, 0.25) is 0 Å². The van der Waals surface area contributed by atoms with Crippen LogP contribution in [0.3, 0.4) is 0 Å². The van der Waals surface area contributed by atoms with Crippen molar-refractivity contribution in [2.24, 2.45) is 0 Å². The Hall–Kier alpha value is -2.31. The van der Waals surface area contributed by atoms with E-state index in [-0.39, 0.29) is 11.6 Å². The second kappa shape index (κ2) is 5.77. The lowest BCUT2D eigenvalue weighted by Crippen LogP contribution is -2.04. The van der Waals surface area contributed by atoms with E-state index in [1.54, 1.807) is 0 Å². The molecule has 1 heterocycles. The quantitative estimate of drug-likeness (QED) is 0.929. The van der Waals surface area contributed by atoms with Crippen LogP contribution in [0.1, 0.15) is 12.5 Å². The van der Waals surface area contributed by atoms with Crippen molar-refractivity contribution >= 4 is 5.95 Å². The Morgan fingerprint density at radius 2 is 1.85 bits per heavy atom. The van der Waals surface area contributed by atoms with Gasteiger partial charge in [-0.25, -0.2) is 4.98 Å². The summed E-state index contributed by atoms with van der Waals surface area (Å²) < 4.78 is 42.6. The average Bonchev–Trinajstić information content (AvgIpc) is 2.39. The number of halogens is 3. The van der Waals surface area contributed by atoms with Gasteiger partial charge in [-0.05, 0) is 31.2 Å². The highest BCUT2D eigenvalue weighted by Crippen LogP contribution is 2.31. The number of ether oxygens (including phenoxy) is 1. The van der Waals surface area contributed by atoms with Gasteiger partial charge in [0.15, 0.2) is 0 Å². The van der Waals surface area contributed by atoms with E-state index in [1.165, 1.54) is 24.4 Å². The second-order valence-electron chi connectivity index (χ2n) is 3.87. The molecule has 0 unspecified atom stereocenters. The van der Waals surface area contributed by atoms with Crippen molar-refractivity contribution in [3.63, 3.8) is 0 Å². The average molecular weight is 283 g/mol. The number of nitrogens with one attached hydrogen (secondary N) is 1. The largest absolute Gasteiger partial charge is 0.439 e. The molecule has 1 aromatic carbocycles. The summed E-state index contributed by atoms with van der Waals surface area (Å²) in [5.74, 6) is 0.937. The van der Waals surface area contributed by atoms with E-state index in [4.69, 9.17) is 4.74 Å². The van der Waals surface area contributed by atoms with Gasteiger partial charge in [0.1, 0.15) is 5.75 Å². The zero-order chi connectivity index (χ0) is 14.6. The Morgan fingerprint density at radius 3 is 2.45 bits per heavy atom. The molecule has 1 N–H and O–H groups in total. The first-order chi connectivity index (χ1) is 9.49. The number of rotatable bonds is 4. The lowest BCUT2D eigenvalue weighted by Gasteiger charge is -2.09. The van der Waals surface area contributed by atoms with Gasteiger partial charge in [-0.15, -0.1) is 0 Å². The fourth-order valence-electron chi connectivity index (χ4n) is 1.47. The zero-order valence-corrected chi connectivity index (χ0v) is 10.6. The molecule has 0 saturated carbocycles. The van der Waals surface area contributed by atoms with Crippen molar-refractivity contribution in [3.8, 4) is 11.6 Å². The summed E-state index contributed by atoms with van der Waals surface area (Å²) in [5.41, 5.74) is -0.721. The van der Waals surface area contributed by atoms with Crippen LogP contribution in [0.5, 0.6) is 11.6 Å². The summed E-state index contributed by atoms with van der Waals surface area (Å²) in [5, 5.41) is 2.91. The number of hydrogen-bond donors (Lipinski definition) is 1. The van der Waals surface area contributed by atoms with Crippen LogP contribution in [-0.2, 0) is 6.18 Å². The predicted octanol–water partition coefficient (Wildman–Crippen LogP) is 3.72. The third-order valence-corrected chi connectivity index (χ3v) is 2.37. The van der Waals surface area contributed by atoms with Crippen LogP contribution in [-0.4, -0.2) is 16.5 Å². The molecular weight excluding hydrogens is 271 g/mol. The lowest BCUT2D eigenvalue weighted by atomic mass is 10.2. The number of anilines is 1. The van der Waals surface area contributed by atoms with Gasteiger partial charge >= 0.3 is 6.18 Å². The second-order valence-corrected chi connectivity index (χ2v) is 3.87. The fourth-order valence-corrected chi connectivity index (χ4v) is 1.47. The van der Waals surface area contributed by atoms with E-state index in [9.17, 15) is 13.2 Å². The number of aromatic nitrogens is 2. The minimum Gasteiger partial charge on any atom is -0.439 e. The summed E-state index contributed by atoms with van der Waals surface area (Å²) in [6.45, 7) is 2.55. The first-order valence-corrected chi connectivity index (χ1v) is 5.91. The molecule has 0 radical (unpaired) electrons. The van der Waals surface area contributed by atoms with Crippen molar-refractivity contribution in [3.05, 3.63) is 42.1 Å². The normalized spacial score (nSPS) is 11.2. The number of nitrogens with zero attached hydrogens (tertiary/aromatic N) is 2. The fraction of sp³-hybridized carbons (Fsp3) is 0.231. The van der Waals surface area contributed by atoms with Crippen LogP contribution in [0.25, 0.3) is 0 Å². The highest BCUT2D eigenvalue weighted by molar-refractivity contribution is 5.33. The number of benzene rings is 1. The molecule has 2 rings (SSSR count). The van der Waals surface area contributed by atoms with E-state index >= 15 is 0 Å². The molecule has 0 aliphatic carbocycles. The van der Waals surface area contributed by atoms with E-state index in [0.717, 1.165) is 12.1 Å². The molecule has 7 heteroatoms. The third-order valence-electron chi connectivity index (χ3n) is 2.37. The highest BCUT2D eigenvalue weighted by atomic mass is 19.4.